The zero-order valence-electron chi connectivity index (χ0n) is 13.8. The molecule has 25 heavy (non-hydrogen) atoms. The molecule has 2 atom stereocenters. The third-order valence-electron chi connectivity index (χ3n) is 4.22. The van der Waals surface area contributed by atoms with Crippen molar-refractivity contribution in [2.24, 2.45) is 0 Å². The summed E-state index contributed by atoms with van der Waals surface area (Å²) in [7, 11) is 1.62. The van der Waals surface area contributed by atoms with E-state index in [4.69, 9.17) is 9.26 Å². The van der Waals surface area contributed by atoms with Crippen LogP contribution in [0.4, 0.5) is 10.7 Å². The van der Waals surface area contributed by atoms with Crippen LogP contribution < -0.4 is 5.32 Å². The molecule has 0 spiro atoms. The number of methoxy groups -OCH3 is 1. The Bertz CT molecular complexity index is 905. The lowest BCUT2D eigenvalue weighted by molar-refractivity contribution is 0.111. The van der Waals surface area contributed by atoms with Crippen molar-refractivity contribution < 1.29 is 14.1 Å². The fourth-order valence-electron chi connectivity index (χ4n) is 2.97. The molecular formula is C15H17N7O3. The summed E-state index contributed by atoms with van der Waals surface area (Å²) < 4.78 is 12.4. The number of amides is 2. The minimum Gasteiger partial charge on any atom is -0.380 e. The van der Waals surface area contributed by atoms with E-state index in [1.54, 1.807) is 29.5 Å². The van der Waals surface area contributed by atoms with E-state index in [2.05, 4.69) is 25.7 Å². The number of likely N-dealkylation sites (tertiary alicyclic amines) is 1. The van der Waals surface area contributed by atoms with Gasteiger partial charge in [-0.15, -0.1) is 10.2 Å². The van der Waals surface area contributed by atoms with E-state index in [0.29, 0.717) is 36.3 Å². The highest BCUT2D eigenvalue weighted by Gasteiger charge is 2.40. The van der Waals surface area contributed by atoms with Gasteiger partial charge in [0.2, 0.25) is 11.8 Å². The summed E-state index contributed by atoms with van der Waals surface area (Å²) in [6, 6.07) is 4.84. The SMILES string of the molecule is CO[C@@H]1C[C@H](c2nc(C)no2)N(C(=O)Nc2nnc3ccccn23)C1. The largest absolute Gasteiger partial charge is 0.380 e. The third kappa shape index (κ3) is 2.80. The molecule has 2 amide bonds. The van der Waals surface area contributed by atoms with E-state index in [-0.39, 0.29) is 18.2 Å². The Hall–Kier alpha value is -3.01. The average Bonchev–Trinajstić information content (AvgIpc) is 3.33. The lowest BCUT2D eigenvalue weighted by Crippen LogP contribution is -2.36. The second-order valence-corrected chi connectivity index (χ2v) is 5.82. The van der Waals surface area contributed by atoms with Gasteiger partial charge in [-0.25, -0.2) is 4.79 Å². The van der Waals surface area contributed by atoms with Crippen LogP contribution in [0.3, 0.4) is 0 Å². The first kappa shape index (κ1) is 15.5. The molecule has 10 heteroatoms. The van der Waals surface area contributed by atoms with E-state index in [0.717, 1.165) is 0 Å². The molecule has 1 aliphatic heterocycles. The number of hydrogen-bond acceptors (Lipinski definition) is 7. The Kier molecular flexibility index (Phi) is 3.80. The highest BCUT2D eigenvalue weighted by Crippen LogP contribution is 2.32. The number of nitrogens with zero attached hydrogens (tertiary/aromatic N) is 6. The lowest BCUT2D eigenvalue weighted by atomic mass is 10.2. The van der Waals surface area contributed by atoms with Gasteiger partial charge in [-0.1, -0.05) is 11.2 Å². The molecule has 0 bridgehead atoms. The molecule has 1 saturated heterocycles. The highest BCUT2D eigenvalue weighted by molar-refractivity contribution is 5.88. The molecule has 0 unspecified atom stereocenters. The minimum atomic E-state index is -0.342. The van der Waals surface area contributed by atoms with Crippen LogP contribution in [0.15, 0.2) is 28.9 Å². The number of carbonyl (C=O) groups excluding carboxylic acids is 1. The Morgan fingerprint density at radius 1 is 1.40 bits per heavy atom. The maximum absolute atomic E-state index is 12.8. The first-order valence-electron chi connectivity index (χ1n) is 7.86. The molecule has 1 N–H and O–H groups in total. The summed E-state index contributed by atoms with van der Waals surface area (Å²) in [5.41, 5.74) is 0.651. The summed E-state index contributed by atoms with van der Waals surface area (Å²) >= 11 is 0. The number of urea groups is 1. The standard InChI is InChI=1S/C15H17N7O3/c1-9-16-13(25-20-9)11-7-10(24-2)8-22(11)15(23)17-14-19-18-12-5-3-4-6-21(12)14/h3-6,10-11H,7-8H2,1-2H3,(H,17,19,23)/t10-,11-/m1/s1. The fourth-order valence-corrected chi connectivity index (χ4v) is 2.97. The minimum absolute atomic E-state index is 0.0990. The number of carbonyl (C=O) groups is 1. The van der Waals surface area contributed by atoms with Crippen LogP contribution in [0, 0.1) is 6.92 Å². The number of aromatic nitrogens is 5. The topological polar surface area (TPSA) is 111 Å². The van der Waals surface area contributed by atoms with Crippen molar-refractivity contribution in [3.05, 3.63) is 36.1 Å². The third-order valence-corrected chi connectivity index (χ3v) is 4.22. The molecule has 0 radical (unpaired) electrons. The van der Waals surface area contributed by atoms with Crippen molar-refractivity contribution in [3.63, 3.8) is 0 Å². The number of aryl methyl sites for hydroxylation is 1. The lowest BCUT2D eigenvalue weighted by Gasteiger charge is -2.21. The van der Waals surface area contributed by atoms with Crippen molar-refractivity contribution in [2.75, 3.05) is 19.0 Å². The summed E-state index contributed by atoms with van der Waals surface area (Å²) in [4.78, 5) is 18.7. The van der Waals surface area contributed by atoms with Crippen LogP contribution >= 0.6 is 0 Å². The van der Waals surface area contributed by atoms with E-state index < -0.39 is 0 Å². The van der Waals surface area contributed by atoms with Gasteiger partial charge in [0.05, 0.1) is 6.10 Å². The summed E-state index contributed by atoms with van der Waals surface area (Å²) in [6.07, 6.45) is 2.27. The Balaban J connectivity index is 1.58. The number of nitrogens with one attached hydrogen (secondary N) is 1. The van der Waals surface area contributed by atoms with Gasteiger partial charge in [0.15, 0.2) is 11.5 Å². The van der Waals surface area contributed by atoms with Gasteiger partial charge in [0, 0.05) is 26.3 Å². The smallest absolute Gasteiger partial charge is 0.325 e. The highest BCUT2D eigenvalue weighted by atomic mass is 16.5. The van der Waals surface area contributed by atoms with Crippen molar-refractivity contribution in [1.82, 2.24) is 29.6 Å². The normalized spacial score (nSPS) is 20.3. The molecule has 0 aromatic carbocycles. The van der Waals surface area contributed by atoms with Crippen LogP contribution in [0.25, 0.3) is 5.65 Å². The Morgan fingerprint density at radius 2 is 2.28 bits per heavy atom. The van der Waals surface area contributed by atoms with Crippen LogP contribution in [0.1, 0.15) is 24.2 Å². The van der Waals surface area contributed by atoms with Gasteiger partial charge in [0.1, 0.15) is 6.04 Å². The second-order valence-electron chi connectivity index (χ2n) is 5.82. The first-order valence-corrected chi connectivity index (χ1v) is 7.86. The maximum atomic E-state index is 12.8. The number of anilines is 1. The van der Waals surface area contributed by atoms with E-state index in [9.17, 15) is 4.79 Å². The number of hydrogen-bond donors (Lipinski definition) is 1. The van der Waals surface area contributed by atoms with Crippen molar-refractivity contribution in [3.8, 4) is 0 Å². The van der Waals surface area contributed by atoms with Crippen molar-refractivity contribution >= 4 is 17.6 Å². The van der Waals surface area contributed by atoms with Gasteiger partial charge < -0.3 is 14.2 Å². The summed E-state index contributed by atoms with van der Waals surface area (Å²) in [5, 5.41) is 14.6. The molecule has 3 aromatic rings. The van der Waals surface area contributed by atoms with Crippen LogP contribution in [-0.2, 0) is 4.74 Å². The zero-order chi connectivity index (χ0) is 17.4. The van der Waals surface area contributed by atoms with Gasteiger partial charge >= 0.3 is 6.03 Å². The fraction of sp³-hybridized carbons (Fsp3) is 0.400. The summed E-state index contributed by atoms with van der Waals surface area (Å²) in [5.74, 6) is 1.28. The van der Waals surface area contributed by atoms with Crippen LogP contribution in [0.2, 0.25) is 0 Å². The van der Waals surface area contributed by atoms with Crippen LogP contribution in [-0.4, -0.2) is 55.4 Å². The quantitative estimate of drug-likeness (QED) is 0.765. The molecule has 10 nitrogen and oxygen atoms in total. The molecule has 0 aliphatic carbocycles. The molecule has 4 rings (SSSR count). The number of pyridine rings is 1. The second kappa shape index (κ2) is 6.13. The maximum Gasteiger partial charge on any atom is 0.325 e. The van der Waals surface area contributed by atoms with Crippen LogP contribution in [0.5, 0.6) is 0 Å². The van der Waals surface area contributed by atoms with Crippen molar-refractivity contribution in [2.45, 2.75) is 25.5 Å². The van der Waals surface area contributed by atoms with E-state index in [1.165, 1.54) is 0 Å². The van der Waals surface area contributed by atoms with E-state index >= 15 is 0 Å². The molecule has 4 heterocycles. The van der Waals surface area contributed by atoms with E-state index in [1.807, 2.05) is 18.2 Å². The van der Waals surface area contributed by atoms with Gasteiger partial charge in [-0.3, -0.25) is 9.72 Å². The predicted molar refractivity (Wildman–Crippen MR) is 85.9 cm³/mol. The number of fused-ring (bicyclic) bond motifs is 1. The predicted octanol–water partition coefficient (Wildman–Crippen LogP) is 1.41. The monoisotopic (exact) mass is 343 g/mol. The first-order chi connectivity index (χ1) is 12.2. The number of rotatable bonds is 3. The van der Waals surface area contributed by atoms with Gasteiger partial charge in [0.25, 0.3) is 0 Å². The van der Waals surface area contributed by atoms with Gasteiger partial charge in [-0.2, -0.15) is 4.98 Å². The molecule has 0 saturated carbocycles. The Morgan fingerprint density at radius 3 is 3.04 bits per heavy atom. The molecular weight excluding hydrogens is 326 g/mol. The number of ether oxygens (including phenoxy) is 1. The molecule has 1 aliphatic rings. The zero-order valence-corrected chi connectivity index (χ0v) is 13.8. The van der Waals surface area contributed by atoms with Crippen molar-refractivity contribution in [1.29, 1.82) is 0 Å². The Labute approximate surface area is 142 Å². The molecule has 130 valence electrons. The average molecular weight is 343 g/mol. The molecule has 3 aromatic heterocycles. The molecule has 1 fully saturated rings. The summed E-state index contributed by atoms with van der Waals surface area (Å²) in [6.45, 7) is 2.16. The van der Waals surface area contributed by atoms with Gasteiger partial charge in [-0.05, 0) is 19.1 Å².